The molecule has 226 valence electrons. The van der Waals surface area contributed by atoms with E-state index in [0.29, 0.717) is 29.4 Å². The molecule has 1 saturated heterocycles. The molecule has 0 spiro atoms. The maximum Gasteiger partial charge on any atom is 0.323 e. The van der Waals surface area contributed by atoms with Gasteiger partial charge in [-0.05, 0) is 73.6 Å². The Hall–Kier alpha value is -4.07. The Balaban J connectivity index is 1.25. The fraction of sp³-hybridized carbons (Fsp3) is 0.457. The Morgan fingerprint density at radius 3 is 2.40 bits per heavy atom. The van der Waals surface area contributed by atoms with Gasteiger partial charge in [-0.1, -0.05) is 57.2 Å². The number of benzene rings is 2. The summed E-state index contributed by atoms with van der Waals surface area (Å²) in [7, 11) is 0. The van der Waals surface area contributed by atoms with Crippen molar-refractivity contribution in [3.8, 4) is 0 Å². The number of fused-ring (bicyclic) bond motifs is 4. The number of pyridine rings is 1. The van der Waals surface area contributed by atoms with E-state index in [9.17, 15) is 14.4 Å². The minimum absolute atomic E-state index is 0.0614. The fourth-order valence-corrected chi connectivity index (χ4v) is 7.12. The molecule has 3 heterocycles. The molecule has 2 fully saturated rings. The van der Waals surface area contributed by atoms with Gasteiger partial charge in [0.2, 0.25) is 0 Å². The van der Waals surface area contributed by atoms with Gasteiger partial charge in [0.1, 0.15) is 0 Å². The van der Waals surface area contributed by atoms with E-state index in [2.05, 4.69) is 33.8 Å². The van der Waals surface area contributed by atoms with Crippen LogP contribution >= 0.6 is 0 Å². The van der Waals surface area contributed by atoms with Crippen LogP contribution in [-0.4, -0.2) is 35.6 Å². The molecule has 2 atom stereocenters. The average molecular weight is 582 g/mol. The highest BCUT2D eigenvalue weighted by Gasteiger charge is 2.35. The molecule has 2 aromatic carbocycles. The van der Waals surface area contributed by atoms with Crippen LogP contribution in [0, 0.1) is 5.92 Å². The van der Waals surface area contributed by atoms with Crippen LogP contribution in [-0.2, 0) is 13.0 Å². The van der Waals surface area contributed by atoms with E-state index >= 15 is 0 Å². The summed E-state index contributed by atoms with van der Waals surface area (Å²) in [5.74, 6) is 0.453. The van der Waals surface area contributed by atoms with E-state index in [0.717, 1.165) is 63.0 Å². The summed E-state index contributed by atoms with van der Waals surface area (Å²) in [6.45, 7) is 4.31. The Labute approximate surface area is 253 Å². The van der Waals surface area contributed by atoms with Crippen LogP contribution in [0.25, 0.3) is 0 Å². The lowest BCUT2D eigenvalue weighted by Gasteiger charge is -2.44. The van der Waals surface area contributed by atoms with Crippen LogP contribution < -0.4 is 26.4 Å². The Morgan fingerprint density at radius 1 is 0.860 bits per heavy atom. The van der Waals surface area contributed by atoms with Gasteiger partial charge in [-0.25, -0.2) is 4.79 Å². The number of aryl methyl sites for hydroxylation is 1. The van der Waals surface area contributed by atoms with Crippen molar-refractivity contribution >= 4 is 29.0 Å². The third-order valence-electron chi connectivity index (χ3n) is 9.39. The lowest BCUT2D eigenvalue weighted by atomic mass is 9.83. The smallest absolute Gasteiger partial charge is 0.323 e. The first-order valence-electron chi connectivity index (χ1n) is 16.0. The van der Waals surface area contributed by atoms with Crippen molar-refractivity contribution in [3.63, 3.8) is 0 Å². The molecule has 1 aromatic heterocycles. The van der Waals surface area contributed by atoms with Crippen molar-refractivity contribution in [3.05, 3.63) is 87.8 Å². The first-order chi connectivity index (χ1) is 21.0. The molecule has 3 amide bonds. The van der Waals surface area contributed by atoms with Crippen LogP contribution in [0.3, 0.4) is 0 Å². The Bertz CT molecular complexity index is 1510. The maximum absolute atomic E-state index is 13.4. The van der Waals surface area contributed by atoms with Gasteiger partial charge in [0, 0.05) is 54.6 Å². The molecular formula is C35H43N5O3. The number of hydrogen-bond donors (Lipinski definition) is 3. The normalized spacial score (nSPS) is 20.3. The molecule has 6 rings (SSSR count). The van der Waals surface area contributed by atoms with Gasteiger partial charge in [0.25, 0.3) is 11.5 Å². The second kappa shape index (κ2) is 13.1. The third kappa shape index (κ3) is 6.79. The quantitative estimate of drug-likeness (QED) is 0.309. The number of carbonyl (C=O) groups excluding carboxylic acids is 2. The molecular weight excluding hydrogens is 538 g/mol. The van der Waals surface area contributed by atoms with Gasteiger partial charge < -0.3 is 25.4 Å². The molecule has 3 aliphatic rings. The minimum Gasteiger partial charge on any atom is -0.369 e. The van der Waals surface area contributed by atoms with Crippen molar-refractivity contribution in [1.29, 1.82) is 0 Å². The number of carbonyl (C=O) groups is 2. The second-order valence-corrected chi connectivity index (χ2v) is 12.5. The number of rotatable bonds is 6. The highest BCUT2D eigenvalue weighted by atomic mass is 16.2. The predicted molar refractivity (Wildman–Crippen MR) is 172 cm³/mol. The fourth-order valence-electron chi connectivity index (χ4n) is 7.12. The number of aromatic nitrogens is 1. The van der Waals surface area contributed by atoms with Gasteiger partial charge in [0.05, 0.1) is 11.4 Å². The number of nitrogens with zero attached hydrogens (tertiary/aromatic N) is 2. The van der Waals surface area contributed by atoms with Gasteiger partial charge in [0.15, 0.2) is 0 Å². The van der Waals surface area contributed by atoms with Gasteiger partial charge >= 0.3 is 6.03 Å². The molecule has 2 bridgehead atoms. The molecule has 0 unspecified atom stereocenters. The molecule has 8 heteroatoms. The summed E-state index contributed by atoms with van der Waals surface area (Å²) in [6.07, 6.45) is 10.0. The summed E-state index contributed by atoms with van der Waals surface area (Å²) in [5, 5.41) is 9.29. The third-order valence-corrected chi connectivity index (χ3v) is 9.39. The van der Waals surface area contributed by atoms with E-state index in [1.165, 1.54) is 24.8 Å². The van der Waals surface area contributed by atoms with E-state index in [4.69, 9.17) is 0 Å². The van der Waals surface area contributed by atoms with E-state index < -0.39 is 0 Å². The first kappa shape index (κ1) is 29.0. The van der Waals surface area contributed by atoms with Crippen LogP contribution in [0.5, 0.6) is 0 Å². The summed E-state index contributed by atoms with van der Waals surface area (Å²) in [6, 6.07) is 18.9. The van der Waals surface area contributed by atoms with Crippen molar-refractivity contribution in [2.45, 2.75) is 83.2 Å². The lowest BCUT2D eigenvalue weighted by molar-refractivity contribution is 0.0930. The number of piperidine rings is 1. The molecule has 0 radical (unpaired) electrons. The zero-order chi connectivity index (χ0) is 29.8. The Morgan fingerprint density at radius 2 is 1.63 bits per heavy atom. The van der Waals surface area contributed by atoms with Crippen molar-refractivity contribution in [2.24, 2.45) is 5.92 Å². The van der Waals surface area contributed by atoms with Crippen molar-refractivity contribution in [1.82, 2.24) is 9.88 Å². The number of urea groups is 1. The lowest BCUT2D eigenvalue weighted by Crippen LogP contribution is -2.47. The molecule has 1 saturated carbocycles. The molecule has 43 heavy (non-hydrogen) atoms. The van der Waals surface area contributed by atoms with E-state index in [-0.39, 0.29) is 29.5 Å². The van der Waals surface area contributed by atoms with Crippen LogP contribution in [0.4, 0.5) is 21.9 Å². The monoisotopic (exact) mass is 581 g/mol. The number of hydrogen-bond acceptors (Lipinski definition) is 4. The Kier molecular flexibility index (Phi) is 8.82. The van der Waals surface area contributed by atoms with Gasteiger partial charge in [-0.2, -0.15) is 0 Å². The zero-order valence-corrected chi connectivity index (χ0v) is 25.1. The molecule has 3 aromatic rings. The largest absolute Gasteiger partial charge is 0.369 e. The number of amides is 3. The summed E-state index contributed by atoms with van der Waals surface area (Å²) >= 11 is 0. The number of nitrogens with one attached hydrogen (secondary N) is 3. The van der Waals surface area contributed by atoms with E-state index in [1.54, 1.807) is 6.07 Å². The molecule has 3 N–H and O–H groups in total. The summed E-state index contributed by atoms with van der Waals surface area (Å²) < 4.78 is 1.93. The zero-order valence-electron chi connectivity index (χ0n) is 25.1. The predicted octanol–water partition coefficient (Wildman–Crippen LogP) is 6.52. The molecule has 2 aliphatic heterocycles. The first-order valence-corrected chi connectivity index (χ1v) is 16.0. The topological polar surface area (TPSA) is 95.5 Å². The standard InChI is InChI=1S/C35H43N5O3/c1-2-24-13-16-29(17-14-24)37-35(43)38-30-20-26(34(42)36-28-9-6-4-3-5-7-10-28)15-18-32(30)39-21-25-19-27(23-39)31-11-8-12-33(41)40(31)22-25/h8,11-18,20,25,27-28H,2-7,9-10,19,21-23H2,1H3,(H,36,42)(H2,37,38,43)/t25-,27+/m1/s1. The highest BCUT2D eigenvalue weighted by Crippen LogP contribution is 2.39. The minimum atomic E-state index is -0.350. The highest BCUT2D eigenvalue weighted by molar-refractivity contribution is 6.04. The van der Waals surface area contributed by atoms with Crippen LogP contribution in [0.15, 0.2) is 65.5 Å². The van der Waals surface area contributed by atoms with Gasteiger partial charge in [-0.3, -0.25) is 9.59 Å². The van der Waals surface area contributed by atoms with Crippen molar-refractivity contribution in [2.75, 3.05) is 28.6 Å². The molecule has 8 nitrogen and oxygen atoms in total. The van der Waals surface area contributed by atoms with Gasteiger partial charge in [-0.15, -0.1) is 0 Å². The maximum atomic E-state index is 13.4. The van der Waals surface area contributed by atoms with E-state index in [1.807, 2.05) is 53.1 Å². The van der Waals surface area contributed by atoms with Crippen LogP contribution in [0.2, 0.25) is 0 Å². The van der Waals surface area contributed by atoms with Crippen LogP contribution in [0.1, 0.15) is 85.8 Å². The van der Waals surface area contributed by atoms with Crippen molar-refractivity contribution < 1.29 is 9.59 Å². The SMILES string of the molecule is CCc1ccc(NC(=O)Nc2cc(C(=O)NC3CCCCCCC3)ccc2N2C[C@H]3C[C@@H](C2)c2cccc(=O)n2C3)cc1. The number of anilines is 3. The summed E-state index contributed by atoms with van der Waals surface area (Å²) in [4.78, 5) is 41.5. The summed E-state index contributed by atoms with van der Waals surface area (Å²) in [5.41, 5.74) is 5.10. The molecule has 1 aliphatic carbocycles. The average Bonchev–Trinajstić information content (AvgIpc) is 2.99. The second-order valence-electron chi connectivity index (χ2n) is 12.5.